The zero-order valence-corrected chi connectivity index (χ0v) is 9.61. The van der Waals surface area contributed by atoms with Crippen LogP contribution in [0, 0.1) is 17.5 Å². The van der Waals surface area contributed by atoms with Gasteiger partial charge >= 0.3 is 6.18 Å². The Morgan fingerprint density at radius 1 is 1.05 bits per heavy atom. The highest BCUT2D eigenvalue weighted by Gasteiger charge is 2.27. The molecule has 19 heavy (non-hydrogen) atoms. The molecule has 0 heterocycles. The molecule has 1 atom stereocenters. The van der Waals surface area contributed by atoms with Crippen LogP contribution in [0.5, 0.6) is 0 Å². The number of alkyl halides is 3. The second kappa shape index (κ2) is 6.25. The molecule has 0 saturated heterocycles. The van der Waals surface area contributed by atoms with Crippen LogP contribution in [0.4, 0.5) is 26.3 Å². The minimum Gasteiger partial charge on any atom is -0.372 e. The van der Waals surface area contributed by atoms with Crippen LogP contribution in [0.15, 0.2) is 12.1 Å². The third kappa shape index (κ3) is 5.07. The molecule has 0 radical (unpaired) electrons. The highest BCUT2D eigenvalue weighted by atomic mass is 19.4. The number of hydrogen-bond acceptors (Lipinski definition) is 2. The van der Waals surface area contributed by atoms with E-state index in [1.54, 1.807) is 0 Å². The molecule has 0 aromatic heterocycles. The summed E-state index contributed by atoms with van der Waals surface area (Å²) in [7, 11) is 0. The van der Waals surface area contributed by atoms with Crippen LogP contribution in [0.25, 0.3) is 0 Å². The van der Waals surface area contributed by atoms with E-state index in [1.165, 1.54) is 0 Å². The summed E-state index contributed by atoms with van der Waals surface area (Å²) in [6.45, 7) is -1.82. The summed E-state index contributed by atoms with van der Waals surface area (Å²) in [5.74, 6) is -3.69. The molecule has 1 rings (SSSR count). The highest BCUT2D eigenvalue weighted by molar-refractivity contribution is 5.23. The number of halogens is 6. The first kappa shape index (κ1) is 15.8. The van der Waals surface area contributed by atoms with Crippen molar-refractivity contribution in [3.8, 4) is 0 Å². The maximum atomic E-state index is 13.3. The number of hydrogen-bond donors (Lipinski definition) is 1. The summed E-state index contributed by atoms with van der Waals surface area (Å²) in [4.78, 5) is 0. The fourth-order valence-electron chi connectivity index (χ4n) is 1.38. The topological polar surface area (TPSA) is 35.2 Å². The van der Waals surface area contributed by atoms with Gasteiger partial charge in [-0.15, -0.1) is 0 Å². The summed E-state index contributed by atoms with van der Waals surface area (Å²) in [6, 6.07) is -0.163. The van der Waals surface area contributed by atoms with Crippen molar-refractivity contribution in [3.05, 3.63) is 35.1 Å². The van der Waals surface area contributed by atoms with Crippen LogP contribution in [-0.4, -0.2) is 19.4 Å². The molecule has 1 aromatic rings. The molecule has 0 aliphatic heterocycles. The molecule has 2 nitrogen and oxygen atoms in total. The minimum absolute atomic E-state index is 0.155. The van der Waals surface area contributed by atoms with Crippen LogP contribution < -0.4 is 5.73 Å². The molecular weight excluding hydrogens is 276 g/mol. The van der Waals surface area contributed by atoms with E-state index in [9.17, 15) is 26.3 Å². The maximum Gasteiger partial charge on any atom is 0.411 e. The van der Waals surface area contributed by atoms with E-state index >= 15 is 0 Å². The number of nitrogens with two attached hydrogens (primary N) is 1. The van der Waals surface area contributed by atoms with Gasteiger partial charge in [0, 0.05) is 24.3 Å². The number of rotatable bonds is 5. The van der Waals surface area contributed by atoms with Gasteiger partial charge in [0.2, 0.25) is 0 Å². The predicted octanol–water partition coefficient (Wildman–Crippen LogP) is 3.07. The molecule has 0 saturated carbocycles. The largest absolute Gasteiger partial charge is 0.411 e. The van der Waals surface area contributed by atoms with E-state index in [2.05, 4.69) is 4.74 Å². The van der Waals surface area contributed by atoms with Gasteiger partial charge in [0.15, 0.2) is 11.6 Å². The van der Waals surface area contributed by atoms with Crippen LogP contribution >= 0.6 is 0 Å². The molecule has 0 spiro atoms. The summed E-state index contributed by atoms with van der Waals surface area (Å²) in [6.07, 6.45) is -4.62. The molecular formula is C11H11F6NO. The van der Waals surface area contributed by atoms with Gasteiger partial charge in [0.25, 0.3) is 0 Å². The fourth-order valence-corrected chi connectivity index (χ4v) is 1.38. The Morgan fingerprint density at radius 3 is 2.21 bits per heavy atom. The van der Waals surface area contributed by atoms with E-state index in [0.717, 1.165) is 0 Å². The molecule has 8 heteroatoms. The smallest absolute Gasteiger partial charge is 0.372 e. The van der Waals surface area contributed by atoms with Crippen molar-refractivity contribution in [2.24, 2.45) is 5.73 Å². The summed E-state index contributed by atoms with van der Waals surface area (Å²) in [5, 5.41) is 0. The van der Waals surface area contributed by atoms with E-state index in [1.807, 2.05) is 0 Å². The Kier molecular flexibility index (Phi) is 5.19. The van der Waals surface area contributed by atoms with Gasteiger partial charge in [0.1, 0.15) is 12.4 Å². The third-order valence-electron chi connectivity index (χ3n) is 2.28. The Morgan fingerprint density at radius 2 is 1.63 bits per heavy atom. The van der Waals surface area contributed by atoms with Crippen molar-refractivity contribution in [3.63, 3.8) is 0 Å². The SMILES string of the molecule is NC(CCOCC(F)(F)F)c1cc(F)c(F)cc1F. The van der Waals surface area contributed by atoms with Gasteiger partial charge in [-0.25, -0.2) is 13.2 Å². The lowest BCUT2D eigenvalue weighted by atomic mass is 10.0. The lowest BCUT2D eigenvalue weighted by molar-refractivity contribution is -0.174. The molecule has 0 bridgehead atoms. The maximum absolute atomic E-state index is 13.3. The van der Waals surface area contributed by atoms with Crippen molar-refractivity contribution in [2.75, 3.05) is 13.2 Å². The van der Waals surface area contributed by atoms with Crippen LogP contribution in [-0.2, 0) is 4.74 Å². The number of ether oxygens (including phenoxy) is 1. The third-order valence-corrected chi connectivity index (χ3v) is 2.28. The normalized spacial score (nSPS) is 13.6. The molecule has 0 amide bonds. The number of benzene rings is 1. The summed E-state index contributed by atoms with van der Waals surface area (Å²) < 4.78 is 78.4. The fraction of sp³-hybridized carbons (Fsp3) is 0.455. The van der Waals surface area contributed by atoms with Crippen LogP contribution in [0.3, 0.4) is 0 Å². The lowest BCUT2D eigenvalue weighted by Crippen LogP contribution is -2.20. The first-order valence-electron chi connectivity index (χ1n) is 5.25. The van der Waals surface area contributed by atoms with Crippen molar-refractivity contribution >= 4 is 0 Å². The average Bonchev–Trinajstić information content (AvgIpc) is 2.28. The van der Waals surface area contributed by atoms with Crippen molar-refractivity contribution < 1.29 is 31.1 Å². The quantitative estimate of drug-likeness (QED) is 0.513. The Labute approximate surface area is 105 Å². The molecule has 0 aliphatic carbocycles. The monoisotopic (exact) mass is 287 g/mol. The molecule has 0 fully saturated rings. The van der Waals surface area contributed by atoms with Gasteiger partial charge in [0.05, 0.1) is 0 Å². The second-order valence-corrected chi connectivity index (χ2v) is 3.85. The first-order valence-corrected chi connectivity index (χ1v) is 5.25. The van der Waals surface area contributed by atoms with Crippen molar-refractivity contribution in [2.45, 2.75) is 18.6 Å². The van der Waals surface area contributed by atoms with Gasteiger partial charge in [-0.05, 0) is 12.5 Å². The second-order valence-electron chi connectivity index (χ2n) is 3.85. The van der Waals surface area contributed by atoms with Crippen LogP contribution in [0.2, 0.25) is 0 Å². The van der Waals surface area contributed by atoms with Crippen molar-refractivity contribution in [1.29, 1.82) is 0 Å². The summed E-state index contributed by atoms with van der Waals surface area (Å²) >= 11 is 0. The zero-order chi connectivity index (χ0) is 14.6. The van der Waals surface area contributed by atoms with Gasteiger partial charge in [-0.1, -0.05) is 0 Å². The van der Waals surface area contributed by atoms with Crippen molar-refractivity contribution in [1.82, 2.24) is 0 Å². The highest BCUT2D eigenvalue weighted by Crippen LogP contribution is 2.21. The first-order chi connectivity index (χ1) is 8.70. The van der Waals surface area contributed by atoms with Gasteiger partial charge < -0.3 is 10.5 Å². The van der Waals surface area contributed by atoms with E-state index in [-0.39, 0.29) is 18.6 Å². The summed E-state index contributed by atoms with van der Waals surface area (Å²) in [5.41, 5.74) is 5.16. The Hall–Kier alpha value is -1.28. The standard InChI is InChI=1S/C11H11F6NO/c12-7-4-9(14)8(13)3-6(7)10(18)1-2-19-5-11(15,16)17/h3-4,10H,1-2,5,18H2. The average molecular weight is 287 g/mol. The molecule has 1 aromatic carbocycles. The lowest BCUT2D eigenvalue weighted by Gasteiger charge is -2.14. The predicted molar refractivity (Wildman–Crippen MR) is 54.7 cm³/mol. The van der Waals surface area contributed by atoms with Gasteiger partial charge in [-0.2, -0.15) is 13.2 Å². The van der Waals surface area contributed by atoms with E-state index in [4.69, 9.17) is 5.73 Å². The van der Waals surface area contributed by atoms with E-state index in [0.29, 0.717) is 12.1 Å². The van der Waals surface area contributed by atoms with Crippen LogP contribution in [0.1, 0.15) is 18.0 Å². The Balaban J connectivity index is 2.54. The minimum atomic E-state index is -4.46. The molecule has 1 unspecified atom stereocenters. The molecule has 108 valence electrons. The Bertz CT molecular complexity index is 434. The molecule has 2 N–H and O–H groups in total. The van der Waals surface area contributed by atoms with E-state index < -0.39 is 36.3 Å². The zero-order valence-electron chi connectivity index (χ0n) is 9.61. The van der Waals surface area contributed by atoms with Gasteiger partial charge in [-0.3, -0.25) is 0 Å². The molecule has 0 aliphatic rings.